The topological polar surface area (TPSA) is 52.7 Å². The van der Waals surface area contributed by atoms with E-state index in [9.17, 15) is 9.59 Å². The molecule has 1 fully saturated rings. The molecule has 0 aliphatic carbocycles. The lowest BCUT2D eigenvalue weighted by Crippen LogP contribution is -2.38. The van der Waals surface area contributed by atoms with Crippen molar-refractivity contribution in [3.63, 3.8) is 0 Å². The first kappa shape index (κ1) is 20.6. The molecule has 1 aliphatic rings. The molecule has 1 aliphatic heterocycles. The van der Waals surface area contributed by atoms with Gasteiger partial charge < -0.3 is 10.2 Å². The Morgan fingerprint density at radius 2 is 1.73 bits per heavy atom. The largest absolute Gasteiger partial charge is 0.341 e. The van der Waals surface area contributed by atoms with Crippen LogP contribution in [0.2, 0.25) is 0 Å². The number of carbonyl (C=O) groups is 2. The van der Waals surface area contributed by atoms with E-state index >= 15 is 0 Å². The molecule has 0 unspecified atom stereocenters. The van der Waals surface area contributed by atoms with Crippen molar-refractivity contribution < 1.29 is 9.59 Å². The minimum atomic E-state index is -0.0122. The Morgan fingerprint density at radius 3 is 2.53 bits per heavy atom. The van der Waals surface area contributed by atoms with Crippen LogP contribution in [-0.4, -0.2) is 54.3 Å². The molecule has 0 radical (unpaired) electrons. The molecule has 0 atom stereocenters. The average molecular weight is 422 g/mol. The lowest BCUT2D eigenvalue weighted by molar-refractivity contribution is -0.130. The molecule has 2 amide bonds. The molecule has 156 valence electrons. The second-order valence-corrected chi connectivity index (χ2v) is 8.88. The number of nitrogens with one attached hydrogen (secondary N) is 1. The number of nitrogens with zero attached hydrogens (tertiary/aromatic N) is 2. The molecule has 1 saturated heterocycles. The number of amides is 2. The highest BCUT2D eigenvalue weighted by atomic mass is 32.1. The summed E-state index contributed by atoms with van der Waals surface area (Å²) in [6.07, 6.45) is 1.34. The zero-order valence-corrected chi connectivity index (χ0v) is 18.1. The van der Waals surface area contributed by atoms with E-state index < -0.39 is 0 Å². The Hall–Kier alpha value is -2.70. The van der Waals surface area contributed by atoms with Gasteiger partial charge in [0, 0.05) is 41.4 Å². The first-order valence-electron chi connectivity index (χ1n) is 10.4. The summed E-state index contributed by atoms with van der Waals surface area (Å²) in [5.74, 6) is 0.169. The standard InChI is InChI=1S/C24H27N3O2S/c1-18-20-10-5-6-11-21(20)30-22(18)16-24(29)27-13-7-12-26(14-15-27)17-23(28)25-19-8-3-2-4-9-19/h2-6,8-11H,7,12-17H2,1H3,(H,25,28). The number of anilines is 1. The summed E-state index contributed by atoms with van der Waals surface area (Å²) in [4.78, 5) is 30.5. The summed E-state index contributed by atoms with van der Waals surface area (Å²) < 4.78 is 1.24. The SMILES string of the molecule is Cc1c(CC(=O)N2CCCN(CC(=O)Nc3ccccc3)CC2)sc2ccccc12. The third kappa shape index (κ3) is 4.89. The van der Waals surface area contributed by atoms with Gasteiger partial charge in [0.25, 0.3) is 0 Å². The van der Waals surface area contributed by atoms with E-state index in [1.54, 1.807) is 11.3 Å². The van der Waals surface area contributed by atoms with Crippen LogP contribution in [0.4, 0.5) is 5.69 Å². The van der Waals surface area contributed by atoms with E-state index in [1.807, 2.05) is 47.4 Å². The molecule has 2 aromatic carbocycles. The number of hydrogen-bond acceptors (Lipinski definition) is 4. The van der Waals surface area contributed by atoms with Crippen molar-refractivity contribution in [2.24, 2.45) is 0 Å². The highest BCUT2D eigenvalue weighted by molar-refractivity contribution is 7.19. The minimum absolute atomic E-state index is 0.0122. The Balaban J connectivity index is 1.31. The third-order valence-corrected chi connectivity index (χ3v) is 6.89. The summed E-state index contributed by atoms with van der Waals surface area (Å²) in [6.45, 7) is 5.43. The van der Waals surface area contributed by atoms with Crippen LogP contribution in [0.1, 0.15) is 16.9 Å². The maximum atomic E-state index is 13.0. The monoisotopic (exact) mass is 421 g/mol. The predicted molar refractivity (Wildman–Crippen MR) is 123 cm³/mol. The molecule has 6 heteroatoms. The van der Waals surface area contributed by atoms with Gasteiger partial charge in [-0.15, -0.1) is 11.3 Å². The first-order valence-corrected chi connectivity index (χ1v) is 11.2. The zero-order chi connectivity index (χ0) is 20.9. The fraction of sp³-hybridized carbons (Fsp3) is 0.333. The maximum absolute atomic E-state index is 13.0. The molecule has 0 bridgehead atoms. The second-order valence-electron chi connectivity index (χ2n) is 7.75. The quantitative estimate of drug-likeness (QED) is 0.679. The van der Waals surface area contributed by atoms with Crippen LogP contribution < -0.4 is 5.32 Å². The van der Waals surface area contributed by atoms with Gasteiger partial charge in [-0.1, -0.05) is 36.4 Å². The van der Waals surface area contributed by atoms with Crippen LogP contribution in [0.3, 0.4) is 0 Å². The van der Waals surface area contributed by atoms with Gasteiger partial charge in [0.2, 0.25) is 11.8 Å². The Labute approximate surface area is 181 Å². The van der Waals surface area contributed by atoms with Crippen molar-refractivity contribution in [2.45, 2.75) is 19.8 Å². The first-order chi connectivity index (χ1) is 14.6. The summed E-state index contributed by atoms with van der Waals surface area (Å²) in [7, 11) is 0. The van der Waals surface area contributed by atoms with E-state index in [-0.39, 0.29) is 11.8 Å². The van der Waals surface area contributed by atoms with Gasteiger partial charge in [-0.2, -0.15) is 0 Å². The van der Waals surface area contributed by atoms with E-state index in [0.29, 0.717) is 19.5 Å². The molecular weight excluding hydrogens is 394 g/mol. The number of para-hydroxylation sites is 1. The normalized spacial score (nSPS) is 15.2. The molecule has 4 rings (SSSR count). The highest BCUT2D eigenvalue weighted by Crippen LogP contribution is 2.31. The fourth-order valence-electron chi connectivity index (χ4n) is 3.95. The van der Waals surface area contributed by atoms with Gasteiger partial charge in [-0.25, -0.2) is 0 Å². The molecule has 1 N–H and O–H groups in total. The molecule has 2 heterocycles. The van der Waals surface area contributed by atoms with Crippen LogP contribution in [-0.2, 0) is 16.0 Å². The van der Waals surface area contributed by atoms with Crippen molar-refractivity contribution in [3.05, 3.63) is 65.0 Å². The number of rotatable bonds is 5. The molecule has 3 aromatic rings. The van der Waals surface area contributed by atoms with Crippen LogP contribution in [0.5, 0.6) is 0 Å². The van der Waals surface area contributed by atoms with E-state index in [2.05, 4.69) is 29.3 Å². The summed E-state index contributed by atoms with van der Waals surface area (Å²) >= 11 is 1.72. The van der Waals surface area contributed by atoms with Gasteiger partial charge in [-0.3, -0.25) is 14.5 Å². The lowest BCUT2D eigenvalue weighted by Gasteiger charge is -2.21. The molecule has 0 saturated carbocycles. The van der Waals surface area contributed by atoms with Gasteiger partial charge in [0.1, 0.15) is 0 Å². The van der Waals surface area contributed by atoms with Gasteiger partial charge in [-0.05, 0) is 42.5 Å². The van der Waals surface area contributed by atoms with Gasteiger partial charge in [0.05, 0.1) is 13.0 Å². The summed E-state index contributed by atoms with van der Waals surface area (Å²) in [5.41, 5.74) is 2.03. The summed E-state index contributed by atoms with van der Waals surface area (Å²) in [5, 5.41) is 4.18. The van der Waals surface area contributed by atoms with E-state index in [4.69, 9.17) is 0 Å². The second kappa shape index (κ2) is 9.41. The number of hydrogen-bond donors (Lipinski definition) is 1. The van der Waals surface area contributed by atoms with Crippen LogP contribution in [0, 0.1) is 6.92 Å². The minimum Gasteiger partial charge on any atom is -0.341 e. The van der Waals surface area contributed by atoms with Crippen molar-refractivity contribution in [3.8, 4) is 0 Å². The van der Waals surface area contributed by atoms with Crippen molar-refractivity contribution in [1.29, 1.82) is 0 Å². The number of aryl methyl sites for hydroxylation is 1. The number of carbonyl (C=O) groups excluding carboxylic acids is 2. The molecule has 5 nitrogen and oxygen atoms in total. The Kier molecular flexibility index (Phi) is 6.45. The Morgan fingerprint density at radius 1 is 0.967 bits per heavy atom. The fourth-order valence-corrected chi connectivity index (χ4v) is 5.15. The molecular formula is C24H27N3O2S. The van der Waals surface area contributed by atoms with Crippen molar-refractivity contribution in [2.75, 3.05) is 38.0 Å². The highest BCUT2D eigenvalue weighted by Gasteiger charge is 2.22. The van der Waals surface area contributed by atoms with Crippen LogP contribution in [0.25, 0.3) is 10.1 Å². The number of fused-ring (bicyclic) bond motifs is 1. The smallest absolute Gasteiger partial charge is 0.238 e. The van der Waals surface area contributed by atoms with E-state index in [0.717, 1.165) is 36.6 Å². The maximum Gasteiger partial charge on any atom is 0.238 e. The van der Waals surface area contributed by atoms with Crippen LogP contribution in [0.15, 0.2) is 54.6 Å². The van der Waals surface area contributed by atoms with Crippen molar-refractivity contribution >= 4 is 38.9 Å². The van der Waals surface area contributed by atoms with Gasteiger partial charge >= 0.3 is 0 Å². The third-order valence-electron chi connectivity index (χ3n) is 5.62. The number of benzene rings is 2. The summed E-state index contributed by atoms with van der Waals surface area (Å²) in [6, 6.07) is 17.8. The predicted octanol–water partition coefficient (Wildman–Crippen LogP) is 3.93. The Bertz CT molecular complexity index is 1030. The molecule has 0 spiro atoms. The van der Waals surface area contributed by atoms with E-state index in [1.165, 1.54) is 15.6 Å². The zero-order valence-electron chi connectivity index (χ0n) is 17.3. The number of thiophene rings is 1. The molecule has 30 heavy (non-hydrogen) atoms. The van der Waals surface area contributed by atoms with Crippen LogP contribution >= 0.6 is 11.3 Å². The lowest BCUT2D eigenvalue weighted by atomic mass is 10.1. The van der Waals surface area contributed by atoms with Crippen molar-refractivity contribution in [1.82, 2.24) is 9.80 Å². The van der Waals surface area contributed by atoms with Gasteiger partial charge in [0.15, 0.2) is 0 Å². The average Bonchev–Trinajstić information content (AvgIpc) is 2.90. The molecule has 1 aromatic heterocycles.